The van der Waals surface area contributed by atoms with Gasteiger partial charge in [0.1, 0.15) is 0 Å². The van der Waals surface area contributed by atoms with Crippen molar-refractivity contribution in [3.8, 4) is 6.07 Å². The van der Waals surface area contributed by atoms with Crippen LogP contribution in [0.15, 0.2) is 29.2 Å². The van der Waals surface area contributed by atoms with E-state index in [1.165, 1.54) is 18.2 Å². The summed E-state index contributed by atoms with van der Waals surface area (Å²) < 4.78 is 30.9. The highest BCUT2D eigenvalue weighted by Crippen LogP contribution is 2.22. The van der Waals surface area contributed by atoms with E-state index in [0.717, 1.165) is 10.4 Å². The van der Waals surface area contributed by atoms with E-state index in [1.807, 2.05) is 6.07 Å². The van der Waals surface area contributed by atoms with Gasteiger partial charge in [0.25, 0.3) is 5.69 Å². The Morgan fingerprint density at radius 3 is 2.90 bits per heavy atom. The largest absolute Gasteiger partial charge is 0.361 e. The lowest BCUT2D eigenvalue weighted by molar-refractivity contribution is -0.385. The van der Waals surface area contributed by atoms with Crippen LogP contribution in [0.2, 0.25) is 0 Å². The number of nitro groups is 1. The van der Waals surface area contributed by atoms with Crippen LogP contribution in [-0.2, 0) is 14.8 Å². The van der Waals surface area contributed by atoms with Crippen molar-refractivity contribution in [1.29, 1.82) is 5.26 Å². The second-order valence-electron chi connectivity index (χ2n) is 4.11. The summed E-state index contributed by atoms with van der Waals surface area (Å²) in [5, 5.41) is 19.5. The van der Waals surface area contributed by atoms with Gasteiger partial charge in [-0.25, -0.2) is 8.42 Å². The molecule has 1 saturated heterocycles. The van der Waals surface area contributed by atoms with Crippen LogP contribution in [0.3, 0.4) is 0 Å². The minimum atomic E-state index is -3.86. The summed E-state index contributed by atoms with van der Waals surface area (Å²) in [4.78, 5) is 9.87. The molecule has 1 aromatic carbocycles. The minimum absolute atomic E-state index is 0.0818. The first kappa shape index (κ1) is 14.4. The second kappa shape index (κ2) is 5.54. The van der Waals surface area contributed by atoms with E-state index >= 15 is 0 Å². The van der Waals surface area contributed by atoms with Crippen LogP contribution in [-0.4, -0.2) is 43.4 Å². The lowest BCUT2D eigenvalue weighted by Crippen LogP contribution is -2.44. The summed E-state index contributed by atoms with van der Waals surface area (Å²) in [6.45, 7) is 0.150. The van der Waals surface area contributed by atoms with Crippen molar-refractivity contribution in [2.45, 2.75) is 11.0 Å². The molecule has 0 bridgehead atoms. The van der Waals surface area contributed by atoms with Gasteiger partial charge < -0.3 is 4.74 Å². The number of nitrogens with zero attached hydrogens (tertiary/aromatic N) is 3. The highest BCUT2D eigenvalue weighted by atomic mass is 32.2. The van der Waals surface area contributed by atoms with E-state index in [1.54, 1.807) is 0 Å². The van der Waals surface area contributed by atoms with Gasteiger partial charge in [0.15, 0.2) is 6.10 Å². The van der Waals surface area contributed by atoms with Crippen molar-refractivity contribution in [3.05, 3.63) is 34.4 Å². The number of sulfonamides is 1. The minimum Gasteiger partial charge on any atom is -0.361 e. The number of hydrogen-bond donors (Lipinski definition) is 0. The summed E-state index contributed by atoms with van der Waals surface area (Å²) in [5.41, 5.74) is -0.295. The molecule has 106 valence electrons. The highest BCUT2D eigenvalue weighted by molar-refractivity contribution is 7.89. The van der Waals surface area contributed by atoms with Crippen LogP contribution < -0.4 is 0 Å². The summed E-state index contributed by atoms with van der Waals surface area (Å²) >= 11 is 0. The topological polar surface area (TPSA) is 114 Å². The molecular formula is C11H11N3O5S. The van der Waals surface area contributed by atoms with Crippen molar-refractivity contribution in [2.75, 3.05) is 19.7 Å². The molecule has 0 radical (unpaired) electrons. The lowest BCUT2D eigenvalue weighted by atomic mass is 10.3. The number of morpholine rings is 1. The number of ether oxygens (including phenoxy) is 1. The number of hydrogen-bond acceptors (Lipinski definition) is 6. The average Bonchev–Trinajstić information content (AvgIpc) is 2.47. The monoisotopic (exact) mass is 297 g/mol. The van der Waals surface area contributed by atoms with Crippen molar-refractivity contribution in [2.24, 2.45) is 0 Å². The number of nitro benzene ring substituents is 1. The maximum Gasteiger partial charge on any atom is 0.270 e. The molecule has 1 heterocycles. The van der Waals surface area contributed by atoms with Crippen LogP contribution >= 0.6 is 0 Å². The molecule has 8 nitrogen and oxygen atoms in total. The first-order valence-electron chi connectivity index (χ1n) is 5.71. The Labute approximate surface area is 115 Å². The van der Waals surface area contributed by atoms with E-state index in [2.05, 4.69) is 0 Å². The lowest BCUT2D eigenvalue weighted by Gasteiger charge is -2.28. The summed E-state index contributed by atoms with van der Waals surface area (Å²) in [6.07, 6.45) is -0.822. The standard InChI is InChI=1S/C11H11N3O5S/c12-7-10-8-13(4-5-19-10)20(17,18)11-3-1-2-9(6-11)14(15)16/h1-3,6,10H,4-5,8H2. The van der Waals surface area contributed by atoms with E-state index < -0.39 is 21.1 Å². The van der Waals surface area contributed by atoms with Gasteiger partial charge in [0.2, 0.25) is 10.0 Å². The van der Waals surface area contributed by atoms with Crippen molar-refractivity contribution < 1.29 is 18.1 Å². The SMILES string of the molecule is N#CC1CN(S(=O)(=O)c2cccc([N+](=O)[O-])c2)CCO1. The van der Waals surface area contributed by atoms with E-state index in [4.69, 9.17) is 10.00 Å². The second-order valence-corrected chi connectivity index (χ2v) is 6.04. The molecule has 0 amide bonds. The molecule has 1 aromatic rings. The van der Waals surface area contributed by atoms with Gasteiger partial charge >= 0.3 is 0 Å². The molecule has 0 N–H and O–H groups in total. The zero-order valence-electron chi connectivity index (χ0n) is 10.3. The molecule has 1 aliphatic rings. The Morgan fingerprint density at radius 2 is 2.25 bits per heavy atom. The van der Waals surface area contributed by atoms with Gasteiger partial charge in [0.05, 0.1) is 29.0 Å². The molecule has 20 heavy (non-hydrogen) atoms. The van der Waals surface area contributed by atoms with Crippen LogP contribution in [0.1, 0.15) is 0 Å². The first-order valence-corrected chi connectivity index (χ1v) is 7.15. The number of rotatable bonds is 3. The molecule has 0 aromatic heterocycles. The van der Waals surface area contributed by atoms with Gasteiger partial charge in [-0.1, -0.05) is 6.07 Å². The molecule has 0 spiro atoms. The molecule has 0 saturated carbocycles. The Morgan fingerprint density at radius 1 is 1.50 bits per heavy atom. The predicted octanol–water partition coefficient (Wildman–Crippen LogP) is 0.508. The van der Waals surface area contributed by atoms with Crippen molar-refractivity contribution in [3.63, 3.8) is 0 Å². The summed E-state index contributed by atoms with van der Waals surface area (Å²) in [5.74, 6) is 0. The molecule has 2 rings (SSSR count). The third-order valence-corrected chi connectivity index (χ3v) is 4.70. The van der Waals surface area contributed by atoms with E-state index in [9.17, 15) is 18.5 Å². The van der Waals surface area contributed by atoms with Crippen molar-refractivity contribution >= 4 is 15.7 Å². The fraction of sp³-hybridized carbons (Fsp3) is 0.364. The smallest absolute Gasteiger partial charge is 0.270 e. The fourth-order valence-electron chi connectivity index (χ4n) is 1.83. The maximum absolute atomic E-state index is 12.4. The molecule has 1 aliphatic heterocycles. The molecule has 1 fully saturated rings. The maximum atomic E-state index is 12.4. The summed E-state index contributed by atoms with van der Waals surface area (Å²) in [6, 6.07) is 6.68. The molecule has 0 aliphatic carbocycles. The molecule has 9 heteroatoms. The van der Waals surface area contributed by atoms with Gasteiger partial charge in [-0.2, -0.15) is 9.57 Å². The van der Waals surface area contributed by atoms with Gasteiger partial charge in [0, 0.05) is 18.7 Å². The Bertz CT molecular complexity index is 667. The van der Waals surface area contributed by atoms with Gasteiger partial charge in [-0.3, -0.25) is 10.1 Å². The van der Waals surface area contributed by atoms with Gasteiger partial charge in [-0.15, -0.1) is 0 Å². The molecular weight excluding hydrogens is 286 g/mol. The molecule has 1 unspecified atom stereocenters. The Hall–Kier alpha value is -2.02. The van der Waals surface area contributed by atoms with Gasteiger partial charge in [-0.05, 0) is 6.07 Å². The average molecular weight is 297 g/mol. The highest BCUT2D eigenvalue weighted by Gasteiger charge is 2.31. The zero-order valence-corrected chi connectivity index (χ0v) is 11.1. The number of nitriles is 1. The van der Waals surface area contributed by atoms with E-state index in [0.29, 0.717) is 0 Å². The van der Waals surface area contributed by atoms with Crippen LogP contribution in [0, 0.1) is 21.4 Å². The third kappa shape index (κ3) is 2.77. The predicted molar refractivity (Wildman–Crippen MR) is 67.2 cm³/mol. The zero-order chi connectivity index (χ0) is 14.8. The van der Waals surface area contributed by atoms with E-state index in [-0.39, 0.29) is 30.3 Å². The van der Waals surface area contributed by atoms with Crippen LogP contribution in [0.4, 0.5) is 5.69 Å². The Balaban J connectivity index is 2.33. The fourth-order valence-corrected chi connectivity index (χ4v) is 3.29. The Kier molecular flexibility index (Phi) is 3.99. The van der Waals surface area contributed by atoms with Crippen LogP contribution in [0.5, 0.6) is 0 Å². The third-order valence-electron chi connectivity index (χ3n) is 2.84. The van der Waals surface area contributed by atoms with Crippen LogP contribution in [0.25, 0.3) is 0 Å². The molecule has 1 atom stereocenters. The quantitative estimate of drug-likeness (QED) is 0.593. The number of non-ortho nitro benzene ring substituents is 1. The van der Waals surface area contributed by atoms with Crippen molar-refractivity contribution in [1.82, 2.24) is 4.31 Å². The number of benzene rings is 1. The normalized spacial score (nSPS) is 20.2. The summed E-state index contributed by atoms with van der Waals surface area (Å²) in [7, 11) is -3.86. The first-order chi connectivity index (χ1) is 9.45.